The maximum absolute atomic E-state index is 14.1. The minimum atomic E-state index is -0.153. The fourth-order valence-electron chi connectivity index (χ4n) is 6.14. The lowest BCUT2D eigenvalue weighted by Gasteiger charge is -2.32. The Labute approximate surface area is 267 Å². The third-order valence-electron chi connectivity index (χ3n) is 8.93. The highest BCUT2D eigenvalue weighted by atomic mass is 16.5. The van der Waals surface area contributed by atoms with E-state index < -0.39 is 0 Å². The molecule has 0 unspecified atom stereocenters. The highest BCUT2D eigenvalue weighted by Gasteiger charge is 2.30. The summed E-state index contributed by atoms with van der Waals surface area (Å²) in [7, 11) is 4.08. The zero-order chi connectivity index (χ0) is 31.6. The minimum absolute atomic E-state index is 0.0395. The van der Waals surface area contributed by atoms with Crippen LogP contribution in [0.2, 0.25) is 0 Å². The van der Waals surface area contributed by atoms with Crippen LogP contribution in [0.5, 0.6) is 0 Å². The number of rotatable bonds is 12. The largest absolute Gasteiger partial charge is 0.461 e. The Morgan fingerprint density at radius 1 is 0.733 bits per heavy atom. The van der Waals surface area contributed by atoms with Gasteiger partial charge in [0.15, 0.2) is 0 Å². The molecule has 6 heteroatoms. The Kier molecular flexibility index (Phi) is 11.0. The molecule has 0 bridgehead atoms. The van der Waals surface area contributed by atoms with Crippen molar-refractivity contribution in [3.05, 3.63) is 120 Å². The van der Waals surface area contributed by atoms with Gasteiger partial charge in [0.25, 0.3) is 0 Å². The third kappa shape index (κ3) is 8.83. The molecule has 2 N–H and O–H groups in total. The summed E-state index contributed by atoms with van der Waals surface area (Å²) in [6, 6.07) is 34.8. The van der Waals surface area contributed by atoms with Crippen LogP contribution < -0.4 is 15.5 Å². The molecule has 6 nitrogen and oxygen atoms in total. The first kappa shape index (κ1) is 32.0. The summed E-state index contributed by atoms with van der Waals surface area (Å²) in [4.78, 5) is 30.5. The van der Waals surface area contributed by atoms with E-state index in [2.05, 4.69) is 53.4 Å². The van der Waals surface area contributed by atoms with Gasteiger partial charge in [0.05, 0.1) is 6.54 Å². The Hall–Kier alpha value is -4.42. The van der Waals surface area contributed by atoms with Crippen LogP contribution in [0.25, 0.3) is 11.1 Å². The molecular formula is C39H45N3O3. The van der Waals surface area contributed by atoms with Crippen LogP contribution in [-0.2, 0) is 34.0 Å². The zero-order valence-electron chi connectivity index (χ0n) is 26.5. The van der Waals surface area contributed by atoms with Gasteiger partial charge in [-0.05, 0) is 90.1 Å². The van der Waals surface area contributed by atoms with E-state index in [9.17, 15) is 9.59 Å². The van der Waals surface area contributed by atoms with Crippen LogP contribution in [0.4, 0.5) is 11.4 Å². The van der Waals surface area contributed by atoms with E-state index in [1.807, 2.05) is 73.6 Å². The molecule has 0 aromatic heterocycles. The van der Waals surface area contributed by atoms with Crippen molar-refractivity contribution in [3.63, 3.8) is 0 Å². The number of esters is 1. The smallest absolute Gasteiger partial charge is 0.306 e. The van der Waals surface area contributed by atoms with Crippen LogP contribution in [0.3, 0.4) is 0 Å². The number of carbonyl (C=O) groups is 2. The fourth-order valence-corrected chi connectivity index (χ4v) is 6.14. The van der Waals surface area contributed by atoms with Crippen LogP contribution in [-0.4, -0.2) is 26.0 Å². The lowest BCUT2D eigenvalue weighted by atomic mass is 9.79. The normalized spacial score (nSPS) is 16.2. The number of amides is 1. The summed E-state index contributed by atoms with van der Waals surface area (Å²) in [5.74, 6) is 0.404. The summed E-state index contributed by atoms with van der Waals surface area (Å²) >= 11 is 0. The molecule has 4 aromatic carbocycles. The Morgan fingerprint density at radius 3 is 2.02 bits per heavy atom. The number of nitrogens with two attached hydrogens (primary N) is 1. The molecule has 1 fully saturated rings. The average molecular weight is 604 g/mol. The van der Waals surface area contributed by atoms with Gasteiger partial charge in [-0.15, -0.1) is 0 Å². The molecule has 0 radical (unpaired) electrons. The van der Waals surface area contributed by atoms with Gasteiger partial charge >= 0.3 is 5.97 Å². The SMILES string of the molecule is CN(C)c1ccc(-c2ccc(CN(C(=O)C3CCC(CCC(=O)OCc4ccccc4)CC3)c3cccc(CN)c3)cc2)cc1. The molecule has 1 amide bonds. The maximum atomic E-state index is 14.1. The summed E-state index contributed by atoms with van der Waals surface area (Å²) in [6.07, 6.45) is 4.78. The molecule has 0 spiro atoms. The Balaban J connectivity index is 1.20. The lowest BCUT2D eigenvalue weighted by molar-refractivity contribution is -0.145. The monoisotopic (exact) mass is 603 g/mol. The van der Waals surface area contributed by atoms with Crippen molar-refractivity contribution in [1.29, 1.82) is 0 Å². The van der Waals surface area contributed by atoms with Crippen molar-refractivity contribution >= 4 is 23.3 Å². The predicted octanol–water partition coefficient (Wildman–Crippen LogP) is 7.74. The number of benzene rings is 4. The zero-order valence-corrected chi connectivity index (χ0v) is 26.5. The van der Waals surface area contributed by atoms with Crippen LogP contribution in [0, 0.1) is 11.8 Å². The molecular weight excluding hydrogens is 558 g/mol. The van der Waals surface area contributed by atoms with Crippen molar-refractivity contribution in [2.24, 2.45) is 17.6 Å². The average Bonchev–Trinajstić information content (AvgIpc) is 3.09. The van der Waals surface area contributed by atoms with Gasteiger partial charge in [0, 0.05) is 44.4 Å². The van der Waals surface area contributed by atoms with Crippen molar-refractivity contribution in [2.45, 2.75) is 58.2 Å². The molecule has 0 atom stereocenters. The standard InChI is InChI=1S/C39H45N3O3/c1-41(2)36-22-20-34(21-23-36)33-16-13-30(14-17-33)27-42(37-10-6-9-32(25-37)26-40)39(44)35-18-11-29(12-19-35)15-24-38(43)45-28-31-7-4-3-5-8-31/h3-10,13-14,16-17,20-23,25,29,35H,11-12,15,18-19,24,26-28,40H2,1-2H3. The predicted molar refractivity (Wildman–Crippen MR) is 183 cm³/mol. The van der Waals surface area contributed by atoms with Crippen LogP contribution >= 0.6 is 0 Å². The molecule has 4 aromatic rings. The second kappa shape index (κ2) is 15.5. The third-order valence-corrected chi connectivity index (χ3v) is 8.93. The van der Waals surface area contributed by atoms with Crippen molar-refractivity contribution in [1.82, 2.24) is 0 Å². The molecule has 1 saturated carbocycles. The quantitative estimate of drug-likeness (QED) is 0.168. The molecule has 0 saturated heterocycles. The van der Waals surface area contributed by atoms with Gasteiger partial charge in [0.2, 0.25) is 5.91 Å². The first-order valence-electron chi connectivity index (χ1n) is 16.1. The first-order chi connectivity index (χ1) is 21.9. The topological polar surface area (TPSA) is 75.9 Å². The van der Waals surface area contributed by atoms with Gasteiger partial charge in [-0.25, -0.2) is 0 Å². The van der Waals surface area contributed by atoms with Crippen LogP contribution in [0.1, 0.15) is 55.2 Å². The molecule has 0 heterocycles. The highest BCUT2D eigenvalue weighted by molar-refractivity contribution is 5.95. The second-order valence-corrected chi connectivity index (χ2v) is 12.3. The summed E-state index contributed by atoms with van der Waals surface area (Å²) in [6.45, 7) is 1.24. The Bertz CT molecular complexity index is 1530. The van der Waals surface area contributed by atoms with Gasteiger partial charge in [0.1, 0.15) is 6.61 Å². The first-order valence-corrected chi connectivity index (χ1v) is 16.1. The molecule has 0 aliphatic heterocycles. The van der Waals surface area contributed by atoms with Gasteiger partial charge < -0.3 is 20.3 Å². The van der Waals surface area contributed by atoms with Gasteiger partial charge in [-0.2, -0.15) is 0 Å². The van der Waals surface area contributed by atoms with E-state index in [1.54, 1.807) is 0 Å². The van der Waals surface area contributed by atoms with E-state index in [1.165, 1.54) is 5.69 Å². The number of hydrogen-bond donors (Lipinski definition) is 1. The van der Waals surface area contributed by atoms with Gasteiger partial charge in [-0.3, -0.25) is 9.59 Å². The number of ether oxygens (including phenoxy) is 1. The summed E-state index contributed by atoms with van der Waals surface area (Å²) in [5, 5.41) is 0. The van der Waals surface area contributed by atoms with Crippen molar-refractivity contribution < 1.29 is 14.3 Å². The Morgan fingerprint density at radius 2 is 1.38 bits per heavy atom. The summed E-state index contributed by atoms with van der Waals surface area (Å²) < 4.78 is 5.47. The summed E-state index contributed by atoms with van der Waals surface area (Å²) in [5.41, 5.74) is 13.4. The van der Waals surface area contributed by atoms with E-state index in [0.29, 0.717) is 32.0 Å². The fraction of sp³-hybridized carbons (Fsp3) is 0.333. The minimum Gasteiger partial charge on any atom is -0.461 e. The highest BCUT2D eigenvalue weighted by Crippen LogP contribution is 2.34. The lowest BCUT2D eigenvalue weighted by Crippen LogP contribution is -2.37. The van der Waals surface area contributed by atoms with Crippen molar-refractivity contribution in [3.8, 4) is 11.1 Å². The van der Waals surface area contributed by atoms with Crippen LogP contribution in [0.15, 0.2) is 103 Å². The van der Waals surface area contributed by atoms with E-state index in [4.69, 9.17) is 10.5 Å². The number of carbonyl (C=O) groups excluding carboxylic acids is 2. The number of nitrogens with zero attached hydrogens (tertiary/aromatic N) is 2. The molecule has 1 aliphatic rings. The van der Waals surface area contributed by atoms with Gasteiger partial charge in [-0.1, -0.05) is 78.9 Å². The number of hydrogen-bond acceptors (Lipinski definition) is 5. The van der Waals surface area contributed by atoms with E-state index in [0.717, 1.165) is 65.6 Å². The molecule has 5 rings (SSSR count). The molecule has 234 valence electrons. The molecule has 45 heavy (non-hydrogen) atoms. The maximum Gasteiger partial charge on any atom is 0.306 e. The van der Waals surface area contributed by atoms with Crippen molar-refractivity contribution in [2.75, 3.05) is 23.9 Å². The second-order valence-electron chi connectivity index (χ2n) is 12.3. The van der Waals surface area contributed by atoms with E-state index >= 15 is 0 Å². The van der Waals surface area contributed by atoms with E-state index in [-0.39, 0.29) is 17.8 Å². The molecule has 1 aliphatic carbocycles. The number of anilines is 2.